The molecule has 1 heterocycles. The predicted octanol–water partition coefficient (Wildman–Crippen LogP) is 4.62. The summed E-state index contributed by atoms with van der Waals surface area (Å²) in [6, 6.07) is 25.3. The van der Waals surface area contributed by atoms with Crippen LogP contribution in [0.15, 0.2) is 78.9 Å². The summed E-state index contributed by atoms with van der Waals surface area (Å²) in [5.74, 6) is 1.27. The second-order valence-electron chi connectivity index (χ2n) is 7.22. The van der Waals surface area contributed by atoms with Crippen molar-refractivity contribution in [2.24, 2.45) is 0 Å². The van der Waals surface area contributed by atoms with Crippen LogP contribution >= 0.6 is 0 Å². The van der Waals surface area contributed by atoms with Crippen LogP contribution in [0.4, 0.5) is 5.69 Å². The molecule has 0 atom stereocenters. The zero-order chi connectivity index (χ0) is 21.6. The number of para-hydroxylation sites is 1. The normalized spacial score (nSPS) is 10.6. The van der Waals surface area contributed by atoms with Crippen LogP contribution in [0.25, 0.3) is 5.69 Å². The number of methoxy groups -OCH3 is 1. The molecule has 0 spiro atoms. The van der Waals surface area contributed by atoms with Gasteiger partial charge in [0.1, 0.15) is 11.6 Å². The third-order valence-electron chi connectivity index (χ3n) is 5.05. The number of hydrogen-bond acceptors (Lipinski definition) is 4. The summed E-state index contributed by atoms with van der Waals surface area (Å²) < 4.78 is 6.94. The summed E-state index contributed by atoms with van der Waals surface area (Å²) in [5.41, 5.74) is 3.85. The Morgan fingerprint density at radius 2 is 1.65 bits per heavy atom. The monoisotopic (exact) mass is 412 g/mol. The molecule has 1 amide bonds. The van der Waals surface area contributed by atoms with Crippen LogP contribution in [0.1, 0.15) is 27.6 Å². The van der Waals surface area contributed by atoms with Gasteiger partial charge in [0.15, 0.2) is 0 Å². The number of carbonyl (C=O) groups is 1. The lowest BCUT2D eigenvalue weighted by molar-refractivity contribution is 0.101. The van der Waals surface area contributed by atoms with E-state index in [9.17, 15) is 4.79 Å². The second-order valence-corrected chi connectivity index (χ2v) is 7.22. The molecule has 0 bridgehead atoms. The van der Waals surface area contributed by atoms with Crippen LogP contribution in [0, 0.1) is 6.92 Å². The first-order chi connectivity index (χ1) is 15.1. The van der Waals surface area contributed by atoms with E-state index >= 15 is 0 Å². The van der Waals surface area contributed by atoms with Gasteiger partial charge in [-0.25, -0.2) is 9.67 Å². The van der Waals surface area contributed by atoms with Gasteiger partial charge in [-0.1, -0.05) is 48.5 Å². The van der Waals surface area contributed by atoms with E-state index in [1.807, 2.05) is 49.4 Å². The highest BCUT2D eigenvalue weighted by molar-refractivity contribution is 6.01. The van der Waals surface area contributed by atoms with E-state index in [0.29, 0.717) is 12.1 Å². The minimum atomic E-state index is -0.349. The van der Waals surface area contributed by atoms with Gasteiger partial charge in [-0.15, -0.1) is 5.10 Å². The molecule has 3 aromatic carbocycles. The summed E-state index contributed by atoms with van der Waals surface area (Å²) in [5, 5.41) is 7.41. The van der Waals surface area contributed by atoms with Crippen molar-refractivity contribution in [3.63, 3.8) is 0 Å². The largest absolute Gasteiger partial charge is 0.497 e. The minimum Gasteiger partial charge on any atom is -0.497 e. The lowest BCUT2D eigenvalue weighted by Gasteiger charge is -2.08. The number of rotatable bonds is 7. The number of hydrogen-bond donors (Lipinski definition) is 1. The van der Waals surface area contributed by atoms with Gasteiger partial charge in [-0.05, 0) is 54.8 Å². The summed E-state index contributed by atoms with van der Waals surface area (Å²) in [4.78, 5) is 17.4. The zero-order valence-corrected chi connectivity index (χ0v) is 17.6. The average Bonchev–Trinajstić information content (AvgIpc) is 3.23. The van der Waals surface area contributed by atoms with Gasteiger partial charge in [0, 0.05) is 12.1 Å². The Kier molecular flexibility index (Phi) is 6.08. The van der Waals surface area contributed by atoms with E-state index < -0.39 is 0 Å². The molecular weight excluding hydrogens is 388 g/mol. The molecule has 31 heavy (non-hydrogen) atoms. The molecule has 0 fully saturated rings. The van der Waals surface area contributed by atoms with Crippen LogP contribution in [0.5, 0.6) is 5.75 Å². The van der Waals surface area contributed by atoms with Crippen LogP contribution < -0.4 is 10.1 Å². The Hall–Kier alpha value is -3.93. The van der Waals surface area contributed by atoms with Crippen molar-refractivity contribution in [3.8, 4) is 11.4 Å². The molecule has 0 unspecified atom stereocenters. The van der Waals surface area contributed by atoms with Crippen LogP contribution in [0.3, 0.4) is 0 Å². The molecule has 0 aliphatic heterocycles. The lowest BCUT2D eigenvalue weighted by atomic mass is 10.1. The number of carbonyl (C=O) groups excluding carboxylic acids is 1. The number of benzene rings is 3. The topological polar surface area (TPSA) is 69.0 Å². The summed E-state index contributed by atoms with van der Waals surface area (Å²) >= 11 is 0. The molecule has 1 aromatic heterocycles. The number of ether oxygens (including phenoxy) is 1. The molecule has 0 aliphatic carbocycles. The highest BCUT2D eigenvalue weighted by atomic mass is 16.5. The SMILES string of the molecule is COc1ccc(NC(=O)c2nc(CCc3ccccc3)n(-c3ccccc3C)n2)cc1. The van der Waals surface area contributed by atoms with E-state index in [4.69, 9.17) is 4.74 Å². The van der Waals surface area contributed by atoms with Crippen molar-refractivity contribution in [2.45, 2.75) is 19.8 Å². The maximum Gasteiger partial charge on any atom is 0.295 e. The molecular formula is C25H24N4O2. The van der Waals surface area contributed by atoms with Gasteiger partial charge >= 0.3 is 0 Å². The van der Waals surface area contributed by atoms with Gasteiger partial charge in [0.25, 0.3) is 5.91 Å². The van der Waals surface area contributed by atoms with Gasteiger partial charge in [0.05, 0.1) is 12.8 Å². The smallest absolute Gasteiger partial charge is 0.295 e. The van der Waals surface area contributed by atoms with Gasteiger partial charge in [-0.2, -0.15) is 0 Å². The standard InChI is InChI=1S/C25H24N4O2/c1-18-8-6-7-11-22(18)29-23(17-12-19-9-4-3-5-10-19)27-24(28-29)25(30)26-20-13-15-21(31-2)16-14-20/h3-11,13-16H,12,17H2,1-2H3,(H,26,30). The number of anilines is 1. The minimum absolute atomic E-state index is 0.141. The number of nitrogens with one attached hydrogen (secondary N) is 1. The molecule has 0 radical (unpaired) electrons. The summed E-state index contributed by atoms with van der Waals surface area (Å²) in [6.07, 6.45) is 1.48. The maximum atomic E-state index is 12.8. The molecule has 156 valence electrons. The third-order valence-corrected chi connectivity index (χ3v) is 5.05. The van der Waals surface area contributed by atoms with Gasteiger partial charge < -0.3 is 10.1 Å². The molecule has 0 aliphatic rings. The molecule has 6 heteroatoms. The van der Waals surface area contributed by atoms with Crippen molar-refractivity contribution in [1.82, 2.24) is 14.8 Å². The van der Waals surface area contributed by atoms with Crippen molar-refractivity contribution >= 4 is 11.6 Å². The second kappa shape index (κ2) is 9.26. The first-order valence-corrected chi connectivity index (χ1v) is 10.2. The Balaban J connectivity index is 1.61. The van der Waals surface area contributed by atoms with E-state index in [1.54, 1.807) is 36.1 Å². The van der Waals surface area contributed by atoms with Crippen LogP contribution in [-0.2, 0) is 12.8 Å². The molecule has 4 rings (SSSR count). The van der Waals surface area contributed by atoms with Crippen molar-refractivity contribution in [1.29, 1.82) is 0 Å². The number of amides is 1. The Bertz CT molecular complexity index is 1170. The summed E-state index contributed by atoms with van der Waals surface area (Å²) in [6.45, 7) is 2.02. The first-order valence-electron chi connectivity index (χ1n) is 10.2. The van der Waals surface area contributed by atoms with Crippen molar-refractivity contribution in [3.05, 3.63) is 102 Å². The van der Waals surface area contributed by atoms with Gasteiger partial charge in [0.2, 0.25) is 5.82 Å². The lowest BCUT2D eigenvalue weighted by Crippen LogP contribution is -2.14. The molecule has 1 N–H and O–H groups in total. The van der Waals surface area contributed by atoms with E-state index in [1.165, 1.54) is 5.56 Å². The molecule has 0 saturated carbocycles. The molecule has 0 saturated heterocycles. The summed E-state index contributed by atoms with van der Waals surface area (Å²) in [7, 11) is 1.60. The van der Waals surface area contributed by atoms with E-state index in [-0.39, 0.29) is 11.7 Å². The number of nitrogens with zero attached hydrogens (tertiary/aromatic N) is 3. The average molecular weight is 412 g/mol. The highest BCUT2D eigenvalue weighted by Gasteiger charge is 2.18. The van der Waals surface area contributed by atoms with Crippen molar-refractivity contribution < 1.29 is 9.53 Å². The number of aryl methyl sites for hydroxylation is 3. The zero-order valence-electron chi connectivity index (χ0n) is 17.6. The van der Waals surface area contributed by atoms with Gasteiger partial charge in [-0.3, -0.25) is 4.79 Å². The van der Waals surface area contributed by atoms with Crippen molar-refractivity contribution in [2.75, 3.05) is 12.4 Å². The quantitative estimate of drug-likeness (QED) is 0.481. The predicted molar refractivity (Wildman–Crippen MR) is 121 cm³/mol. The van der Waals surface area contributed by atoms with E-state index in [0.717, 1.165) is 29.2 Å². The third kappa shape index (κ3) is 4.80. The highest BCUT2D eigenvalue weighted by Crippen LogP contribution is 2.18. The first kappa shape index (κ1) is 20.3. The molecule has 6 nitrogen and oxygen atoms in total. The van der Waals surface area contributed by atoms with E-state index in [2.05, 4.69) is 27.5 Å². The van der Waals surface area contributed by atoms with Crippen LogP contribution in [0.2, 0.25) is 0 Å². The Labute approximate surface area is 181 Å². The fourth-order valence-corrected chi connectivity index (χ4v) is 3.36. The Morgan fingerprint density at radius 1 is 0.935 bits per heavy atom. The fourth-order valence-electron chi connectivity index (χ4n) is 3.36. The number of aromatic nitrogens is 3. The molecule has 4 aromatic rings. The Morgan fingerprint density at radius 3 is 2.35 bits per heavy atom. The fraction of sp³-hybridized carbons (Fsp3) is 0.160. The maximum absolute atomic E-state index is 12.8. The van der Waals surface area contributed by atoms with Crippen LogP contribution in [-0.4, -0.2) is 27.8 Å².